The molecule has 16 heavy (non-hydrogen) atoms. The van der Waals surface area contributed by atoms with Gasteiger partial charge in [-0.3, -0.25) is 0 Å². The Morgan fingerprint density at radius 1 is 1.19 bits per heavy atom. The molecule has 1 aromatic carbocycles. The molecule has 0 atom stereocenters. The maximum atomic E-state index is 5.29. The van der Waals surface area contributed by atoms with Crippen molar-refractivity contribution in [3.8, 4) is 0 Å². The van der Waals surface area contributed by atoms with Gasteiger partial charge in [-0.2, -0.15) is 0 Å². The quantitative estimate of drug-likeness (QED) is 0.750. The highest BCUT2D eigenvalue weighted by Crippen LogP contribution is 2.29. The van der Waals surface area contributed by atoms with Gasteiger partial charge in [0, 0.05) is 18.2 Å². The summed E-state index contributed by atoms with van der Waals surface area (Å²) in [6, 6.07) is 10.7. The van der Waals surface area contributed by atoms with Crippen LogP contribution >= 0.6 is 0 Å². The zero-order chi connectivity index (χ0) is 11.8. The van der Waals surface area contributed by atoms with Crippen LogP contribution in [0, 0.1) is 0 Å². The molecule has 1 heterocycles. The lowest BCUT2D eigenvalue weighted by Crippen LogP contribution is -2.18. The Morgan fingerprint density at radius 2 is 1.88 bits per heavy atom. The molecule has 2 nitrogen and oxygen atoms in total. The van der Waals surface area contributed by atoms with Gasteiger partial charge in [-0.15, -0.1) is 0 Å². The lowest BCUT2D eigenvalue weighted by atomic mass is 9.92. The van der Waals surface area contributed by atoms with Gasteiger partial charge < -0.3 is 9.30 Å². The van der Waals surface area contributed by atoms with Crippen molar-refractivity contribution in [1.29, 1.82) is 0 Å². The predicted octanol–water partition coefficient (Wildman–Crippen LogP) is 3.54. The van der Waals surface area contributed by atoms with E-state index in [2.05, 4.69) is 55.7 Å². The molecule has 2 aromatic rings. The van der Waals surface area contributed by atoms with Gasteiger partial charge in [-0.05, 0) is 17.5 Å². The first-order valence-electron chi connectivity index (χ1n) is 5.62. The van der Waals surface area contributed by atoms with Gasteiger partial charge in [-0.25, -0.2) is 0 Å². The fourth-order valence-corrected chi connectivity index (χ4v) is 2.10. The molecule has 0 bridgehead atoms. The highest BCUT2D eigenvalue weighted by molar-refractivity contribution is 5.81. The third kappa shape index (κ3) is 1.85. The number of hydrogen-bond donors (Lipinski definition) is 0. The van der Waals surface area contributed by atoms with Gasteiger partial charge in [-0.1, -0.05) is 39.0 Å². The van der Waals surface area contributed by atoms with Gasteiger partial charge in [0.1, 0.15) is 6.73 Å². The van der Waals surface area contributed by atoms with E-state index in [1.807, 2.05) is 0 Å². The third-order valence-corrected chi connectivity index (χ3v) is 2.84. The maximum absolute atomic E-state index is 5.29. The van der Waals surface area contributed by atoms with Crippen molar-refractivity contribution in [3.05, 3.63) is 36.0 Å². The Kier molecular flexibility index (Phi) is 2.76. The number of fused-ring (bicyclic) bond motifs is 1. The largest absolute Gasteiger partial charge is 0.364 e. The van der Waals surface area contributed by atoms with E-state index in [1.54, 1.807) is 7.11 Å². The smallest absolute Gasteiger partial charge is 0.122 e. The van der Waals surface area contributed by atoms with Crippen LogP contribution in [0.2, 0.25) is 0 Å². The summed E-state index contributed by atoms with van der Waals surface area (Å²) in [4.78, 5) is 0. The SMILES string of the molecule is COCn1c(C(C)(C)C)cc2ccccc21. The summed E-state index contributed by atoms with van der Waals surface area (Å²) >= 11 is 0. The lowest BCUT2D eigenvalue weighted by molar-refractivity contribution is 0.130. The van der Waals surface area contributed by atoms with Gasteiger partial charge >= 0.3 is 0 Å². The van der Waals surface area contributed by atoms with Crippen molar-refractivity contribution in [2.45, 2.75) is 32.9 Å². The van der Waals surface area contributed by atoms with Crippen LogP contribution < -0.4 is 0 Å². The van der Waals surface area contributed by atoms with E-state index in [9.17, 15) is 0 Å². The van der Waals surface area contributed by atoms with Gasteiger partial charge in [0.05, 0.1) is 5.52 Å². The van der Waals surface area contributed by atoms with E-state index < -0.39 is 0 Å². The second-order valence-electron chi connectivity index (χ2n) is 5.18. The average molecular weight is 217 g/mol. The number of ether oxygens (including phenoxy) is 1. The zero-order valence-corrected chi connectivity index (χ0v) is 10.4. The van der Waals surface area contributed by atoms with Crippen LogP contribution in [0.4, 0.5) is 0 Å². The molecule has 0 fully saturated rings. The summed E-state index contributed by atoms with van der Waals surface area (Å²) in [5.74, 6) is 0. The normalized spacial score (nSPS) is 12.2. The third-order valence-electron chi connectivity index (χ3n) is 2.84. The molecule has 0 amide bonds. The zero-order valence-electron chi connectivity index (χ0n) is 10.4. The average Bonchev–Trinajstić information content (AvgIpc) is 2.58. The molecular weight excluding hydrogens is 198 g/mol. The van der Waals surface area contributed by atoms with Crippen molar-refractivity contribution < 1.29 is 4.74 Å². The summed E-state index contributed by atoms with van der Waals surface area (Å²) < 4.78 is 7.54. The van der Waals surface area contributed by atoms with E-state index >= 15 is 0 Å². The first-order valence-corrected chi connectivity index (χ1v) is 5.62. The standard InChI is InChI=1S/C14H19NO/c1-14(2,3)13-9-11-7-5-6-8-12(11)15(13)10-16-4/h5-9H,10H2,1-4H3. The number of rotatable bonds is 2. The predicted molar refractivity (Wildman–Crippen MR) is 67.6 cm³/mol. The monoisotopic (exact) mass is 217 g/mol. The molecule has 86 valence electrons. The number of hydrogen-bond acceptors (Lipinski definition) is 1. The van der Waals surface area contributed by atoms with Crippen molar-refractivity contribution in [2.75, 3.05) is 7.11 Å². The number of aromatic nitrogens is 1. The molecule has 2 rings (SSSR count). The topological polar surface area (TPSA) is 14.2 Å². The number of nitrogens with zero attached hydrogens (tertiary/aromatic N) is 1. The Morgan fingerprint density at radius 3 is 2.50 bits per heavy atom. The molecule has 2 heteroatoms. The molecule has 0 spiro atoms. The molecular formula is C14H19NO. The Bertz CT molecular complexity index is 491. The Labute approximate surface area is 96.8 Å². The fraction of sp³-hybridized carbons (Fsp3) is 0.429. The first-order chi connectivity index (χ1) is 7.54. The minimum absolute atomic E-state index is 0.136. The molecule has 0 N–H and O–H groups in total. The van der Waals surface area contributed by atoms with Crippen molar-refractivity contribution in [1.82, 2.24) is 4.57 Å². The number of benzene rings is 1. The van der Waals surface area contributed by atoms with Crippen molar-refractivity contribution in [3.63, 3.8) is 0 Å². The second-order valence-corrected chi connectivity index (χ2v) is 5.18. The van der Waals surface area contributed by atoms with Crippen LogP contribution in [0.3, 0.4) is 0 Å². The Balaban J connectivity index is 2.68. The molecule has 0 radical (unpaired) electrons. The van der Waals surface area contributed by atoms with E-state index in [-0.39, 0.29) is 5.41 Å². The lowest BCUT2D eigenvalue weighted by Gasteiger charge is -2.21. The van der Waals surface area contributed by atoms with Crippen LogP contribution in [-0.2, 0) is 16.9 Å². The summed E-state index contributed by atoms with van der Waals surface area (Å²) in [7, 11) is 1.74. The Hall–Kier alpha value is -1.28. The van der Waals surface area contributed by atoms with Crippen LogP contribution in [0.1, 0.15) is 26.5 Å². The van der Waals surface area contributed by atoms with Crippen molar-refractivity contribution >= 4 is 10.9 Å². The second kappa shape index (κ2) is 3.95. The van der Waals surface area contributed by atoms with Crippen LogP contribution in [0.15, 0.2) is 30.3 Å². The van der Waals surface area contributed by atoms with E-state index in [4.69, 9.17) is 4.74 Å². The summed E-state index contributed by atoms with van der Waals surface area (Å²) in [5, 5.41) is 1.28. The van der Waals surface area contributed by atoms with Crippen LogP contribution in [0.25, 0.3) is 10.9 Å². The minimum atomic E-state index is 0.136. The molecule has 0 aliphatic heterocycles. The molecule has 0 unspecified atom stereocenters. The molecule has 0 aliphatic carbocycles. The molecule has 0 saturated carbocycles. The molecule has 1 aromatic heterocycles. The van der Waals surface area contributed by atoms with Crippen LogP contribution in [0.5, 0.6) is 0 Å². The van der Waals surface area contributed by atoms with Crippen molar-refractivity contribution in [2.24, 2.45) is 0 Å². The van der Waals surface area contributed by atoms with E-state index in [1.165, 1.54) is 16.6 Å². The number of methoxy groups -OCH3 is 1. The minimum Gasteiger partial charge on any atom is -0.364 e. The first kappa shape index (κ1) is 11.2. The fourth-order valence-electron chi connectivity index (χ4n) is 2.10. The summed E-state index contributed by atoms with van der Waals surface area (Å²) in [6.07, 6.45) is 0. The highest BCUT2D eigenvalue weighted by atomic mass is 16.5. The highest BCUT2D eigenvalue weighted by Gasteiger charge is 2.20. The van der Waals surface area contributed by atoms with Gasteiger partial charge in [0.25, 0.3) is 0 Å². The van der Waals surface area contributed by atoms with Gasteiger partial charge in [0.2, 0.25) is 0 Å². The van der Waals surface area contributed by atoms with E-state index in [0.717, 1.165) is 0 Å². The molecule has 0 saturated heterocycles. The van der Waals surface area contributed by atoms with E-state index in [0.29, 0.717) is 6.73 Å². The number of para-hydroxylation sites is 1. The maximum Gasteiger partial charge on any atom is 0.122 e. The molecule has 0 aliphatic rings. The van der Waals surface area contributed by atoms with Crippen LogP contribution in [-0.4, -0.2) is 11.7 Å². The summed E-state index contributed by atoms with van der Waals surface area (Å²) in [5.41, 5.74) is 2.70. The van der Waals surface area contributed by atoms with Gasteiger partial charge in [0.15, 0.2) is 0 Å². The summed E-state index contributed by atoms with van der Waals surface area (Å²) in [6.45, 7) is 7.30.